The van der Waals surface area contributed by atoms with Crippen LogP contribution in [0.1, 0.15) is 121 Å². The molecule has 3 aliphatic carbocycles. The minimum Gasteiger partial charge on any atom is -0.378 e. The maximum Gasteiger partial charge on any atom is 0.169 e. The van der Waals surface area contributed by atoms with E-state index in [1.54, 1.807) is 5.56 Å². The fraction of sp³-hybridized carbons (Fsp3) is 0.615. The number of aryl methyl sites for hydroxylation is 1. The van der Waals surface area contributed by atoms with E-state index in [9.17, 15) is 4.79 Å². The van der Waals surface area contributed by atoms with Crippen LogP contribution in [0.25, 0.3) is 0 Å². The highest BCUT2D eigenvalue weighted by Crippen LogP contribution is 2.51. The number of nitrogens with zero attached hydrogens (tertiary/aromatic N) is 1. The first-order valence-electron chi connectivity index (χ1n) is 17.4. The standard InChI is InChI=1S/C39H51NO2/c1-2-37(39(41)28-14-12-27(13-15-28)38-25-34(38)24-36-11-7-21-42-36)32-19-18-29-22-31(17-16-30(29)23-32)33-8-6-20-40(26-33)35-9-4-3-5-10-35/h2,12-17,22,32-38H,1,3-11,18-21,23-26H2/t32-,33-,34?,36-,37?,38?/m0/s1. The Morgan fingerprint density at radius 1 is 0.929 bits per heavy atom. The molecule has 5 aliphatic rings. The monoisotopic (exact) mass is 565 g/mol. The first kappa shape index (κ1) is 28.5. The number of carbonyl (C=O) groups excluding carboxylic acids is 1. The lowest BCUT2D eigenvalue weighted by molar-refractivity contribution is 0.0902. The lowest BCUT2D eigenvalue weighted by atomic mass is 9.73. The number of rotatable bonds is 9. The molecule has 2 aliphatic heterocycles. The minimum atomic E-state index is -0.112. The smallest absolute Gasteiger partial charge is 0.169 e. The molecule has 0 aromatic heterocycles. The number of ether oxygens (including phenoxy) is 1. The van der Waals surface area contributed by atoms with E-state index in [1.807, 2.05) is 6.08 Å². The molecule has 2 aromatic carbocycles. The third-order valence-electron chi connectivity index (χ3n) is 11.7. The number of allylic oxidation sites excluding steroid dienone is 1. The van der Waals surface area contributed by atoms with Crippen LogP contribution in [-0.2, 0) is 17.6 Å². The number of hydrogen-bond donors (Lipinski definition) is 0. The maximum atomic E-state index is 13.7. The van der Waals surface area contributed by atoms with Crippen molar-refractivity contribution < 1.29 is 9.53 Å². The summed E-state index contributed by atoms with van der Waals surface area (Å²) in [5.74, 6) is 2.56. The number of ketones is 1. The van der Waals surface area contributed by atoms with Crippen molar-refractivity contribution in [2.75, 3.05) is 19.7 Å². The van der Waals surface area contributed by atoms with E-state index in [-0.39, 0.29) is 11.7 Å². The number of hydrogen-bond acceptors (Lipinski definition) is 3. The van der Waals surface area contributed by atoms with Gasteiger partial charge in [-0.05, 0) is 123 Å². The van der Waals surface area contributed by atoms with Gasteiger partial charge >= 0.3 is 0 Å². The zero-order valence-electron chi connectivity index (χ0n) is 25.7. The van der Waals surface area contributed by atoms with Crippen LogP contribution in [0.5, 0.6) is 0 Å². The predicted octanol–water partition coefficient (Wildman–Crippen LogP) is 8.66. The molecular formula is C39H51NO2. The third-order valence-corrected chi connectivity index (χ3v) is 11.7. The van der Waals surface area contributed by atoms with Gasteiger partial charge in [0.25, 0.3) is 0 Å². The van der Waals surface area contributed by atoms with Crippen LogP contribution in [0.15, 0.2) is 55.1 Å². The van der Waals surface area contributed by atoms with Gasteiger partial charge in [-0.25, -0.2) is 0 Å². The molecule has 2 saturated carbocycles. The zero-order chi connectivity index (χ0) is 28.5. The molecule has 0 N–H and O–H groups in total. The molecule has 2 saturated heterocycles. The van der Waals surface area contributed by atoms with Crippen molar-refractivity contribution in [1.82, 2.24) is 4.90 Å². The summed E-state index contributed by atoms with van der Waals surface area (Å²) in [6.45, 7) is 7.62. The molecule has 3 unspecified atom stereocenters. The zero-order valence-corrected chi connectivity index (χ0v) is 25.7. The molecule has 0 amide bonds. The Bertz CT molecular complexity index is 1240. The SMILES string of the molecule is C=CC(C(=O)c1ccc(C2CC2C[C@@H]2CCCO2)cc1)[C@H]1CCc2cc([C@H]3CCCN(C4CCCCC4)C3)ccc2C1. The molecule has 3 heteroatoms. The van der Waals surface area contributed by atoms with Crippen molar-refractivity contribution in [2.24, 2.45) is 17.8 Å². The Hall–Kier alpha value is -2.23. The lowest BCUT2D eigenvalue weighted by Gasteiger charge is -2.40. The second-order valence-electron chi connectivity index (χ2n) is 14.4. The fourth-order valence-electron chi connectivity index (χ4n) is 9.10. The van der Waals surface area contributed by atoms with E-state index < -0.39 is 0 Å². The van der Waals surface area contributed by atoms with Gasteiger partial charge in [-0.3, -0.25) is 9.69 Å². The van der Waals surface area contributed by atoms with Gasteiger partial charge in [0.05, 0.1) is 6.10 Å². The van der Waals surface area contributed by atoms with Crippen molar-refractivity contribution in [2.45, 2.75) is 114 Å². The van der Waals surface area contributed by atoms with Gasteiger partial charge in [-0.1, -0.05) is 67.8 Å². The van der Waals surface area contributed by atoms with Gasteiger partial charge < -0.3 is 4.74 Å². The third kappa shape index (κ3) is 6.20. The first-order valence-corrected chi connectivity index (χ1v) is 17.4. The van der Waals surface area contributed by atoms with Crippen LogP contribution >= 0.6 is 0 Å². The van der Waals surface area contributed by atoms with Gasteiger partial charge in [0, 0.05) is 30.7 Å². The van der Waals surface area contributed by atoms with Gasteiger partial charge in [0.1, 0.15) is 0 Å². The molecule has 2 aromatic rings. The average molecular weight is 566 g/mol. The minimum absolute atomic E-state index is 0.112. The Morgan fingerprint density at radius 3 is 2.55 bits per heavy atom. The summed E-state index contributed by atoms with van der Waals surface area (Å²) in [6, 6.07) is 16.8. The molecule has 0 bridgehead atoms. The normalized spacial score (nSPS) is 30.9. The molecule has 2 heterocycles. The van der Waals surface area contributed by atoms with Crippen molar-refractivity contribution in [3.63, 3.8) is 0 Å². The van der Waals surface area contributed by atoms with Crippen molar-refractivity contribution >= 4 is 5.78 Å². The molecular weight excluding hydrogens is 514 g/mol. The lowest BCUT2D eigenvalue weighted by Crippen LogP contribution is -2.42. The Morgan fingerprint density at radius 2 is 1.76 bits per heavy atom. The highest BCUT2D eigenvalue weighted by Gasteiger charge is 2.40. The number of Topliss-reactive ketones (excluding diaryl/α,β-unsaturated/α-hetero) is 1. The molecule has 4 fully saturated rings. The number of fused-ring (bicyclic) bond motifs is 1. The molecule has 6 atom stereocenters. The van der Waals surface area contributed by atoms with Crippen molar-refractivity contribution in [3.05, 3.63) is 82.9 Å². The topological polar surface area (TPSA) is 29.5 Å². The van der Waals surface area contributed by atoms with E-state index >= 15 is 0 Å². The predicted molar refractivity (Wildman–Crippen MR) is 171 cm³/mol. The summed E-state index contributed by atoms with van der Waals surface area (Å²) in [4.78, 5) is 16.5. The van der Waals surface area contributed by atoms with E-state index in [0.29, 0.717) is 23.9 Å². The average Bonchev–Trinajstić information content (AvgIpc) is 3.62. The summed E-state index contributed by atoms with van der Waals surface area (Å²) in [5.41, 5.74) is 6.78. The highest BCUT2D eigenvalue weighted by atomic mass is 16.5. The Balaban J connectivity index is 0.963. The summed E-state index contributed by atoms with van der Waals surface area (Å²) in [5, 5.41) is 0. The van der Waals surface area contributed by atoms with Gasteiger partial charge in [-0.15, -0.1) is 6.58 Å². The number of piperidine rings is 1. The molecule has 0 spiro atoms. The van der Waals surface area contributed by atoms with E-state index in [2.05, 4.69) is 53.9 Å². The maximum absolute atomic E-state index is 13.7. The molecule has 42 heavy (non-hydrogen) atoms. The second-order valence-corrected chi connectivity index (χ2v) is 14.4. The van der Waals surface area contributed by atoms with Crippen LogP contribution < -0.4 is 0 Å². The molecule has 3 nitrogen and oxygen atoms in total. The molecule has 7 rings (SSSR count). The Kier molecular flexibility index (Phi) is 8.69. The van der Waals surface area contributed by atoms with Crippen LogP contribution in [0.4, 0.5) is 0 Å². The molecule has 0 radical (unpaired) electrons. The second kappa shape index (κ2) is 12.8. The van der Waals surface area contributed by atoms with Gasteiger partial charge in [-0.2, -0.15) is 0 Å². The fourth-order valence-corrected chi connectivity index (χ4v) is 9.10. The van der Waals surface area contributed by atoms with E-state index in [1.165, 1.54) is 100 Å². The summed E-state index contributed by atoms with van der Waals surface area (Å²) < 4.78 is 5.86. The number of benzene rings is 2. The van der Waals surface area contributed by atoms with Crippen molar-refractivity contribution in [3.8, 4) is 0 Å². The first-order chi connectivity index (χ1) is 20.7. The molecule has 224 valence electrons. The van der Waals surface area contributed by atoms with Crippen LogP contribution in [0.2, 0.25) is 0 Å². The van der Waals surface area contributed by atoms with E-state index in [4.69, 9.17) is 4.74 Å². The number of carbonyl (C=O) groups is 1. The van der Waals surface area contributed by atoms with E-state index in [0.717, 1.165) is 43.4 Å². The van der Waals surface area contributed by atoms with Crippen LogP contribution in [-0.4, -0.2) is 42.5 Å². The summed E-state index contributed by atoms with van der Waals surface area (Å²) in [7, 11) is 0. The Labute approximate surface area is 254 Å². The van der Waals surface area contributed by atoms with Gasteiger partial charge in [0.2, 0.25) is 0 Å². The quantitative estimate of drug-likeness (QED) is 0.225. The van der Waals surface area contributed by atoms with Crippen LogP contribution in [0, 0.1) is 17.8 Å². The summed E-state index contributed by atoms with van der Waals surface area (Å²) in [6.07, 6.45) is 20.2. The van der Waals surface area contributed by atoms with Crippen LogP contribution in [0.3, 0.4) is 0 Å². The largest absolute Gasteiger partial charge is 0.378 e. The summed E-state index contributed by atoms with van der Waals surface area (Å²) >= 11 is 0. The van der Waals surface area contributed by atoms with Gasteiger partial charge in [0.15, 0.2) is 5.78 Å². The van der Waals surface area contributed by atoms with Crippen molar-refractivity contribution in [1.29, 1.82) is 0 Å². The highest BCUT2D eigenvalue weighted by molar-refractivity contribution is 5.99. The number of likely N-dealkylation sites (tertiary alicyclic amines) is 1.